The van der Waals surface area contributed by atoms with Gasteiger partial charge in [-0.05, 0) is 36.2 Å². The standard InChI is InChI=1S/C15H24N2O2S/c1-5-11-8-7-9-12(6-2)14(11)17-15(20)16-10-13(18-3)19-4/h7-9,13H,5-6,10H2,1-4H3,(H2,16,17,20). The van der Waals surface area contributed by atoms with Gasteiger partial charge in [0.05, 0.1) is 6.54 Å². The number of ether oxygens (including phenoxy) is 2. The van der Waals surface area contributed by atoms with Gasteiger partial charge < -0.3 is 20.1 Å². The molecule has 0 aliphatic carbocycles. The van der Waals surface area contributed by atoms with Gasteiger partial charge in [-0.2, -0.15) is 0 Å². The van der Waals surface area contributed by atoms with Crippen molar-refractivity contribution in [3.05, 3.63) is 29.3 Å². The predicted molar refractivity (Wildman–Crippen MR) is 87.2 cm³/mol. The van der Waals surface area contributed by atoms with E-state index in [-0.39, 0.29) is 6.29 Å². The van der Waals surface area contributed by atoms with Crippen molar-refractivity contribution in [3.63, 3.8) is 0 Å². The van der Waals surface area contributed by atoms with E-state index in [1.807, 2.05) is 0 Å². The second-order valence-corrected chi connectivity index (χ2v) is 4.80. The van der Waals surface area contributed by atoms with Gasteiger partial charge in [0.15, 0.2) is 11.4 Å². The summed E-state index contributed by atoms with van der Waals surface area (Å²) < 4.78 is 10.2. The van der Waals surface area contributed by atoms with Crippen molar-refractivity contribution >= 4 is 23.0 Å². The number of hydrogen-bond donors (Lipinski definition) is 2. The van der Waals surface area contributed by atoms with E-state index in [1.165, 1.54) is 11.1 Å². The normalized spacial score (nSPS) is 10.7. The Morgan fingerprint density at radius 3 is 2.15 bits per heavy atom. The van der Waals surface area contributed by atoms with Crippen molar-refractivity contribution in [3.8, 4) is 0 Å². The van der Waals surface area contributed by atoms with Crippen LogP contribution in [-0.4, -0.2) is 32.2 Å². The second-order valence-electron chi connectivity index (χ2n) is 4.39. The third-order valence-electron chi connectivity index (χ3n) is 3.19. The van der Waals surface area contributed by atoms with E-state index in [9.17, 15) is 0 Å². The van der Waals surface area contributed by atoms with Crippen LogP contribution in [0.4, 0.5) is 5.69 Å². The van der Waals surface area contributed by atoms with E-state index >= 15 is 0 Å². The zero-order chi connectivity index (χ0) is 15.0. The summed E-state index contributed by atoms with van der Waals surface area (Å²) in [5.74, 6) is 0. The molecule has 1 rings (SSSR count). The highest BCUT2D eigenvalue weighted by Gasteiger charge is 2.09. The van der Waals surface area contributed by atoms with Crippen LogP contribution in [0, 0.1) is 0 Å². The van der Waals surface area contributed by atoms with Crippen LogP contribution >= 0.6 is 12.2 Å². The molecule has 2 N–H and O–H groups in total. The number of thiocarbonyl (C=S) groups is 1. The Hall–Kier alpha value is -1.17. The Labute approximate surface area is 126 Å². The third kappa shape index (κ3) is 4.74. The molecule has 5 heteroatoms. The molecular formula is C15H24N2O2S. The van der Waals surface area contributed by atoms with Crippen molar-refractivity contribution in [1.29, 1.82) is 0 Å². The van der Waals surface area contributed by atoms with E-state index in [2.05, 4.69) is 42.7 Å². The van der Waals surface area contributed by atoms with Crippen molar-refractivity contribution in [2.45, 2.75) is 33.0 Å². The molecule has 4 nitrogen and oxygen atoms in total. The molecular weight excluding hydrogens is 272 g/mol. The fourth-order valence-corrected chi connectivity index (χ4v) is 2.19. The number of hydrogen-bond acceptors (Lipinski definition) is 3. The minimum atomic E-state index is -0.304. The number of methoxy groups -OCH3 is 2. The molecule has 0 spiro atoms. The van der Waals surface area contributed by atoms with Gasteiger partial charge in [0.25, 0.3) is 0 Å². The summed E-state index contributed by atoms with van der Waals surface area (Å²) in [5, 5.41) is 6.98. The van der Waals surface area contributed by atoms with Gasteiger partial charge in [0.2, 0.25) is 0 Å². The van der Waals surface area contributed by atoms with E-state index in [0.29, 0.717) is 11.7 Å². The van der Waals surface area contributed by atoms with E-state index in [0.717, 1.165) is 18.5 Å². The highest BCUT2D eigenvalue weighted by Crippen LogP contribution is 2.22. The topological polar surface area (TPSA) is 42.5 Å². The number of rotatable bonds is 7. The van der Waals surface area contributed by atoms with Crippen LogP contribution in [0.3, 0.4) is 0 Å². The lowest BCUT2D eigenvalue weighted by atomic mass is 10.0. The molecule has 0 amide bonds. The Kier molecular flexibility index (Phi) is 7.51. The van der Waals surface area contributed by atoms with Gasteiger partial charge >= 0.3 is 0 Å². The van der Waals surface area contributed by atoms with Crippen LogP contribution in [0.5, 0.6) is 0 Å². The number of anilines is 1. The van der Waals surface area contributed by atoms with E-state index in [4.69, 9.17) is 21.7 Å². The Bertz CT molecular complexity index is 412. The fraction of sp³-hybridized carbons (Fsp3) is 0.533. The number of benzene rings is 1. The quantitative estimate of drug-likeness (QED) is 0.598. The first-order valence-corrected chi connectivity index (χ1v) is 7.28. The maximum absolute atomic E-state index is 5.33. The van der Waals surface area contributed by atoms with Crippen LogP contribution < -0.4 is 10.6 Å². The minimum absolute atomic E-state index is 0.304. The molecule has 0 atom stereocenters. The first-order valence-electron chi connectivity index (χ1n) is 6.87. The first kappa shape index (κ1) is 16.9. The molecule has 1 aromatic carbocycles. The zero-order valence-electron chi connectivity index (χ0n) is 12.7. The van der Waals surface area contributed by atoms with Crippen LogP contribution in [0.1, 0.15) is 25.0 Å². The highest BCUT2D eigenvalue weighted by molar-refractivity contribution is 7.80. The number of para-hydroxylation sites is 1. The Morgan fingerprint density at radius 1 is 1.15 bits per heavy atom. The largest absolute Gasteiger partial charge is 0.357 e. The van der Waals surface area contributed by atoms with E-state index < -0.39 is 0 Å². The molecule has 112 valence electrons. The average Bonchev–Trinajstić information content (AvgIpc) is 2.48. The fourth-order valence-electron chi connectivity index (χ4n) is 2.00. The maximum atomic E-state index is 5.33. The monoisotopic (exact) mass is 296 g/mol. The Balaban J connectivity index is 2.70. The molecule has 0 bridgehead atoms. The molecule has 0 radical (unpaired) electrons. The van der Waals surface area contributed by atoms with Gasteiger partial charge in [-0.25, -0.2) is 0 Å². The summed E-state index contributed by atoms with van der Waals surface area (Å²) in [4.78, 5) is 0. The smallest absolute Gasteiger partial charge is 0.174 e. The van der Waals surface area contributed by atoms with Crippen molar-refractivity contribution in [1.82, 2.24) is 5.32 Å². The summed E-state index contributed by atoms with van der Waals surface area (Å²) in [6.07, 6.45) is 1.64. The van der Waals surface area contributed by atoms with Crippen LogP contribution in [0.15, 0.2) is 18.2 Å². The van der Waals surface area contributed by atoms with Crippen LogP contribution in [-0.2, 0) is 22.3 Å². The number of nitrogens with one attached hydrogen (secondary N) is 2. The summed E-state index contributed by atoms with van der Waals surface area (Å²) in [7, 11) is 3.21. The lowest BCUT2D eigenvalue weighted by Gasteiger charge is -2.19. The van der Waals surface area contributed by atoms with Gasteiger partial charge in [-0.15, -0.1) is 0 Å². The lowest BCUT2D eigenvalue weighted by Crippen LogP contribution is -2.37. The van der Waals surface area contributed by atoms with E-state index in [1.54, 1.807) is 14.2 Å². The molecule has 0 unspecified atom stereocenters. The zero-order valence-corrected chi connectivity index (χ0v) is 13.5. The van der Waals surface area contributed by atoms with Gasteiger partial charge in [0, 0.05) is 19.9 Å². The summed E-state index contributed by atoms with van der Waals surface area (Å²) in [6, 6.07) is 6.33. The number of aryl methyl sites for hydroxylation is 2. The second kappa shape index (κ2) is 8.89. The molecule has 0 aliphatic heterocycles. The molecule has 0 saturated heterocycles. The van der Waals surface area contributed by atoms with Crippen molar-refractivity contribution in [2.75, 3.05) is 26.1 Å². The van der Waals surface area contributed by atoms with Crippen LogP contribution in [0.25, 0.3) is 0 Å². The average molecular weight is 296 g/mol. The van der Waals surface area contributed by atoms with Gasteiger partial charge in [0.1, 0.15) is 0 Å². The molecule has 0 aliphatic rings. The third-order valence-corrected chi connectivity index (χ3v) is 3.44. The molecule has 0 fully saturated rings. The molecule has 1 aromatic rings. The molecule has 0 heterocycles. The molecule has 20 heavy (non-hydrogen) atoms. The van der Waals surface area contributed by atoms with Crippen molar-refractivity contribution in [2.24, 2.45) is 0 Å². The summed E-state index contributed by atoms with van der Waals surface area (Å²) in [5.41, 5.74) is 3.65. The van der Waals surface area contributed by atoms with Gasteiger partial charge in [-0.1, -0.05) is 32.0 Å². The van der Waals surface area contributed by atoms with Gasteiger partial charge in [-0.3, -0.25) is 0 Å². The maximum Gasteiger partial charge on any atom is 0.174 e. The molecule has 0 saturated carbocycles. The van der Waals surface area contributed by atoms with Crippen LogP contribution in [0.2, 0.25) is 0 Å². The highest BCUT2D eigenvalue weighted by atomic mass is 32.1. The Morgan fingerprint density at radius 2 is 1.70 bits per heavy atom. The first-order chi connectivity index (χ1) is 9.65. The molecule has 0 aromatic heterocycles. The van der Waals surface area contributed by atoms with Crippen molar-refractivity contribution < 1.29 is 9.47 Å². The summed E-state index contributed by atoms with van der Waals surface area (Å²) >= 11 is 5.33. The predicted octanol–water partition coefficient (Wildman–Crippen LogP) is 2.72. The SMILES string of the molecule is CCc1cccc(CC)c1NC(=S)NCC(OC)OC. The minimum Gasteiger partial charge on any atom is -0.357 e. The summed E-state index contributed by atoms with van der Waals surface area (Å²) in [6.45, 7) is 4.79. The lowest BCUT2D eigenvalue weighted by molar-refractivity contribution is -0.0964.